The van der Waals surface area contributed by atoms with Crippen molar-refractivity contribution in [3.8, 4) is 11.9 Å². The molecule has 0 atom stereocenters. The predicted octanol–water partition coefficient (Wildman–Crippen LogP) is 2.24. The minimum absolute atomic E-state index is 0.0903. The summed E-state index contributed by atoms with van der Waals surface area (Å²) in [5, 5.41) is 30.1. The maximum Gasteiger partial charge on any atom is 0.271 e. The highest BCUT2D eigenvalue weighted by Crippen LogP contribution is 2.26. The molecule has 0 spiro atoms. The molecule has 122 valence electrons. The number of hydrogen-bond donors (Lipinski definition) is 1. The topological polar surface area (TPSA) is 122 Å². The molecule has 0 unspecified atom stereocenters. The Hall–Kier alpha value is -3.47. The molecule has 0 saturated carbocycles. The lowest BCUT2D eigenvalue weighted by Gasteiger charge is -2.10. The van der Waals surface area contributed by atoms with Gasteiger partial charge in [-0.1, -0.05) is 6.07 Å². The van der Waals surface area contributed by atoms with Crippen LogP contribution in [0, 0.1) is 35.3 Å². The molecule has 0 aliphatic carbocycles. The number of rotatable bonds is 3. The summed E-state index contributed by atoms with van der Waals surface area (Å²) in [6.07, 6.45) is 1.29. The average molecular weight is 326 g/mol. The monoisotopic (exact) mass is 326 g/mol. The number of nitriles is 1. The molecular formula is C16H14N4O4. The van der Waals surface area contributed by atoms with Gasteiger partial charge in [-0.3, -0.25) is 24.5 Å². The van der Waals surface area contributed by atoms with Gasteiger partial charge in [-0.05, 0) is 25.0 Å². The summed E-state index contributed by atoms with van der Waals surface area (Å²) in [6.45, 7) is 3.27. The summed E-state index contributed by atoms with van der Waals surface area (Å²) in [5.41, 5.74) is 0.773. The molecule has 0 saturated heterocycles. The van der Waals surface area contributed by atoms with Crippen LogP contribution in [-0.4, -0.2) is 20.8 Å². The Kier molecular flexibility index (Phi) is 4.46. The number of aliphatic imine (C=N–C) groups is 1. The van der Waals surface area contributed by atoms with E-state index >= 15 is 0 Å². The van der Waals surface area contributed by atoms with Crippen LogP contribution in [0.25, 0.3) is 0 Å². The van der Waals surface area contributed by atoms with Crippen LogP contribution in [0.15, 0.2) is 28.0 Å². The Morgan fingerprint density at radius 3 is 2.67 bits per heavy atom. The molecule has 1 aromatic carbocycles. The van der Waals surface area contributed by atoms with Gasteiger partial charge in [0.2, 0.25) is 5.88 Å². The highest BCUT2D eigenvalue weighted by molar-refractivity contribution is 5.87. The first-order chi connectivity index (χ1) is 11.3. The first-order valence-corrected chi connectivity index (χ1v) is 6.89. The van der Waals surface area contributed by atoms with Gasteiger partial charge in [0.15, 0.2) is 0 Å². The average Bonchev–Trinajstić information content (AvgIpc) is 2.54. The normalized spacial score (nSPS) is 10.8. The standard InChI is InChI=1S/C16H14N4O4/c1-9-4-5-11(20(23)24)6-14(9)18-8-13-10(2)12(7-17)15(21)19(3)16(13)22/h4-6,8,22H,1-3H3. The number of non-ortho nitro benzene ring substituents is 1. The smallest absolute Gasteiger partial charge is 0.271 e. The molecule has 0 bridgehead atoms. The molecule has 0 aliphatic heterocycles. The van der Waals surface area contributed by atoms with E-state index in [4.69, 9.17) is 5.26 Å². The molecule has 24 heavy (non-hydrogen) atoms. The second kappa shape index (κ2) is 6.34. The van der Waals surface area contributed by atoms with E-state index < -0.39 is 10.5 Å². The molecule has 0 fully saturated rings. The van der Waals surface area contributed by atoms with Crippen molar-refractivity contribution in [3.05, 3.63) is 60.9 Å². The van der Waals surface area contributed by atoms with Crippen LogP contribution in [0.5, 0.6) is 5.88 Å². The van der Waals surface area contributed by atoms with E-state index in [1.165, 1.54) is 32.3 Å². The number of pyridine rings is 1. The van der Waals surface area contributed by atoms with E-state index in [0.29, 0.717) is 16.8 Å². The van der Waals surface area contributed by atoms with Crippen molar-refractivity contribution in [3.63, 3.8) is 0 Å². The van der Waals surface area contributed by atoms with Crippen LogP contribution < -0.4 is 5.56 Å². The van der Waals surface area contributed by atoms with Crippen LogP contribution in [0.3, 0.4) is 0 Å². The Balaban J connectivity index is 2.61. The van der Waals surface area contributed by atoms with E-state index in [0.717, 1.165) is 4.57 Å². The summed E-state index contributed by atoms with van der Waals surface area (Å²) in [5.74, 6) is -0.330. The Labute approximate surface area is 137 Å². The fourth-order valence-electron chi connectivity index (χ4n) is 2.18. The van der Waals surface area contributed by atoms with Gasteiger partial charge in [-0.25, -0.2) is 0 Å². The fraction of sp³-hybridized carbons (Fsp3) is 0.188. The molecule has 1 N–H and O–H groups in total. The van der Waals surface area contributed by atoms with Gasteiger partial charge >= 0.3 is 0 Å². The molecule has 8 nitrogen and oxygen atoms in total. The fourth-order valence-corrected chi connectivity index (χ4v) is 2.18. The zero-order valence-electron chi connectivity index (χ0n) is 13.3. The van der Waals surface area contributed by atoms with Gasteiger partial charge < -0.3 is 5.11 Å². The van der Waals surface area contributed by atoms with Gasteiger partial charge in [-0.2, -0.15) is 5.26 Å². The van der Waals surface area contributed by atoms with Crippen LogP contribution in [0.4, 0.5) is 11.4 Å². The van der Waals surface area contributed by atoms with Gasteiger partial charge in [0.1, 0.15) is 11.6 Å². The van der Waals surface area contributed by atoms with Crippen molar-refractivity contribution in [2.24, 2.45) is 12.0 Å². The van der Waals surface area contributed by atoms with E-state index in [1.807, 2.05) is 6.07 Å². The van der Waals surface area contributed by atoms with Gasteiger partial charge in [0.05, 0.1) is 16.2 Å². The first kappa shape index (κ1) is 16.9. The lowest BCUT2D eigenvalue weighted by Crippen LogP contribution is -2.22. The van der Waals surface area contributed by atoms with Crippen molar-refractivity contribution in [2.45, 2.75) is 13.8 Å². The number of nitro benzene ring substituents is 1. The molecule has 0 radical (unpaired) electrons. The highest BCUT2D eigenvalue weighted by atomic mass is 16.6. The number of nitro groups is 1. The quantitative estimate of drug-likeness (QED) is 0.526. The van der Waals surface area contributed by atoms with Gasteiger partial charge in [0.25, 0.3) is 11.2 Å². The van der Waals surface area contributed by atoms with Crippen molar-refractivity contribution in [1.29, 1.82) is 5.26 Å². The SMILES string of the molecule is Cc1ccc([N+](=O)[O-])cc1N=Cc1c(C)c(C#N)c(=O)n(C)c1O. The largest absolute Gasteiger partial charge is 0.494 e. The van der Waals surface area contributed by atoms with Gasteiger partial charge in [0, 0.05) is 25.4 Å². The van der Waals surface area contributed by atoms with Crippen LogP contribution in [-0.2, 0) is 7.05 Å². The number of benzene rings is 1. The number of hydrogen-bond acceptors (Lipinski definition) is 6. The maximum absolute atomic E-state index is 11.9. The van der Waals surface area contributed by atoms with Crippen molar-refractivity contribution < 1.29 is 10.0 Å². The molecule has 1 heterocycles. The van der Waals surface area contributed by atoms with E-state index in [-0.39, 0.29) is 22.7 Å². The summed E-state index contributed by atoms with van der Waals surface area (Å²) in [7, 11) is 1.34. The third kappa shape index (κ3) is 2.87. The zero-order valence-corrected chi connectivity index (χ0v) is 13.3. The second-order valence-corrected chi connectivity index (χ2v) is 5.20. The molecule has 1 aromatic heterocycles. The van der Waals surface area contributed by atoms with E-state index in [2.05, 4.69) is 4.99 Å². The molecule has 8 heteroatoms. The third-order valence-corrected chi connectivity index (χ3v) is 3.70. The Morgan fingerprint density at radius 1 is 1.42 bits per heavy atom. The second-order valence-electron chi connectivity index (χ2n) is 5.20. The highest BCUT2D eigenvalue weighted by Gasteiger charge is 2.16. The molecule has 2 rings (SSSR count). The molecule has 0 aliphatic rings. The molecular weight excluding hydrogens is 312 g/mol. The van der Waals surface area contributed by atoms with Crippen LogP contribution >= 0.6 is 0 Å². The Morgan fingerprint density at radius 2 is 2.08 bits per heavy atom. The summed E-state index contributed by atoms with van der Waals surface area (Å²) in [6, 6.07) is 6.06. The van der Waals surface area contributed by atoms with Crippen molar-refractivity contribution >= 4 is 17.6 Å². The third-order valence-electron chi connectivity index (χ3n) is 3.70. The van der Waals surface area contributed by atoms with E-state index in [1.54, 1.807) is 13.0 Å². The lowest BCUT2D eigenvalue weighted by atomic mass is 10.1. The number of aromatic hydroxyl groups is 1. The summed E-state index contributed by atoms with van der Waals surface area (Å²) >= 11 is 0. The number of nitrogens with zero attached hydrogens (tertiary/aromatic N) is 4. The van der Waals surface area contributed by atoms with E-state index in [9.17, 15) is 20.0 Å². The predicted molar refractivity (Wildman–Crippen MR) is 87.9 cm³/mol. The van der Waals surface area contributed by atoms with Crippen molar-refractivity contribution in [1.82, 2.24) is 4.57 Å². The maximum atomic E-state index is 11.9. The minimum Gasteiger partial charge on any atom is -0.494 e. The zero-order chi connectivity index (χ0) is 18.0. The minimum atomic E-state index is -0.601. The number of aromatic nitrogens is 1. The lowest BCUT2D eigenvalue weighted by molar-refractivity contribution is -0.384. The van der Waals surface area contributed by atoms with Crippen LogP contribution in [0.1, 0.15) is 22.3 Å². The summed E-state index contributed by atoms with van der Waals surface area (Å²) in [4.78, 5) is 26.4. The molecule has 2 aromatic rings. The molecule has 0 amide bonds. The first-order valence-electron chi connectivity index (χ1n) is 6.89. The Bertz CT molecular complexity index is 968. The summed E-state index contributed by atoms with van der Waals surface area (Å²) < 4.78 is 0.952. The van der Waals surface area contributed by atoms with Crippen molar-refractivity contribution in [2.75, 3.05) is 0 Å². The van der Waals surface area contributed by atoms with Gasteiger partial charge in [-0.15, -0.1) is 0 Å². The number of aryl methyl sites for hydroxylation is 1. The van der Waals surface area contributed by atoms with Crippen LogP contribution in [0.2, 0.25) is 0 Å².